The van der Waals surface area contributed by atoms with Crippen molar-refractivity contribution in [1.29, 1.82) is 0 Å². The van der Waals surface area contributed by atoms with Crippen LogP contribution in [0.1, 0.15) is 25.0 Å². The van der Waals surface area contributed by atoms with E-state index in [9.17, 15) is 18.0 Å². The molecule has 0 aliphatic rings. The third kappa shape index (κ3) is 8.78. The summed E-state index contributed by atoms with van der Waals surface area (Å²) < 4.78 is 34.4. The summed E-state index contributed by atoms with van der Waals surface area (Å²) in [6, 6.07) is 27.4. The fourth-order valence-electron chi connectivity index (χ4n) is 4.77. The first-order chi connectivity index (χ1) is 21.5. The molecule has 8 nitrogen and oxygen atoms in total. The van der Waals surface area contributed by atoms with Crippen molar-refractivity contribution in [3.8, 4) is 5.75 Å². The van der Waals surface area contributed by atoms with Crippen LogP contribution in [0.3, 0.4) is 0 Å². The first kappa shape index (κ1) is 33.8. The van der Waals surface area contributed by atoms with E-state index >= 15 is 0 Å². The Bertz CT molecular complexity index is 1700. The molecule has 1 N–H and O–H groups in total. The van der Waals surface area contributed by atoms with Crippen molar-refractivity contribution in [1.82, 2.24) is 10.2 Å². The number of amides is 2. The predicted molar refractivity (Wildman–Crippen MR) is 178 cm³/mol. The molecule has 11 heteroatoms. The first-order valence-corrected chi connectivity index (χ1v) is 16.5. The summed E-state index contributed by atoms with van der Waals surface area (Å²) >= 11 is 12.5. The van der Waals surface area contributed by atoms with Crippen LogP contribution in [0.4, 0.5) is 5.69 Å². The molecule has 236 valence electrons. The number of carbonyl (C=O) groups excluding carboxylic acids is 2. The van der Waals surface area contributed by atoms with Gasteiger partial charge >= 0.3 is 0 Å². The van der Waals surface area contributed by atoms with Crippen LogP contribution in [0.2, 0.25) is 10.0 Å². The zero-order chi connectivity index (χ0) is 32.6. The number of anilines is 1. The maximum absolute atomic E-state index is 14.5. The molecule has 0 unspecified atom stereocenters. The number of ether oxygens (including phenoxy) is 1. The summed E-state index contributed by atoms with van der Waals surface area (Å²) in [6.07, 6.45) is 0.195. The highest BCUT2D eigenvalue weighted by molar-refractivity contribution is 7.92. The minimum atomic E-state index is -4.21. The lowest BCUT2D eigenvalue weighted by Gasteiger charge is -2.34. The zero-order valence-corrected chi connectivity index (χ0v) is 27.5. The molecule has 1 atom stereocenters. The molecule has 4 aromatic rings. The average molecular weight is 669 g/mol. The number of nitrogens with one attached hydrogen (secondary N) is 1. The second-order valence-electron chi connectivity index (χ2n) is 10.7. The van der Waals surface area contributed by atoms with Gasteiger partial charge in [-0.25, -0.2) is 8.42 Å². The van der Waals surface area contributed by atoms with Gasteiger partial charge in [-0.1, -0.05) is 77.8 Å². The number of carbonyl (C=O) groups is 2. The van der Waals surface area contributed by atoms with E-state index in [2.05, 4.69) is 5.32 Å². The minimum absolute atomic E-state index is 0.0167. The highest BCUT2D eigenvalue weighted by atomic mass is 35.5. The number of halogens is 2. The number of methoxy groups -OCH3 is 1. The van der Waals surface area contributed by atoms with Crippen LogP contribution in [-0.4, -0.2) is 50.9 Å². The number of benzene rings is 4. The number of nitrogens with zero attached hydrogens (tertiary/aromatic N) is 2. The molecular weight excluding hydrogens is 633 g/mol. The molecule has 0 heterocycles. The molecule has 2 amide bonds. The topological polar surface area (TPSA) is 96.0 Å². The van der Waals surface area contributed by atoms with E-state index in [1.54, 1.807) is 60.7 Å². The fourth-order valence-corrected chi connectivity index (χ4v) is 6.52. The fraction of sp³-hybridized carbons (Fsp3) is 0.235. The Morgan fingerprint density at radius 2 is 1.44 bits per heavy atom. The van der Waals surface area contributed by atoms with E-state index in [0.29, 0.717) is 21.4 Å². The van der Waals surface area contributed by atoms with Gasteiger partial charge < -0.3 is 15.0 Å². The van der Waals surface area contributed by atoms with E-state index in [1.165, 1.54) is 24.1 Å². The van der Waals surface area contributed by atoms with Gasteiger partial charge in [0.2, 0.25) is 11.8 Å². The van der Waals surface area contributed by atoms with E-state index in [0.717, 1.165) is 9.87 Å². The van der Waals surface area contributed by atoms with Crippen LogP contribution < -0.4 is 14.4 Å². The molecule has 0 radical (unpaired) electrons. The summed E-state index contributed by atoms with van der Waals surface area (Å²) in [6.45, 7) is 3.06. The molecule has 0 aliphatic heterocycles. The predicted octanol–water partition coefficient (Wildman–Crippen LogP) is 6.36. The van der Waals surface area contributed by atoms with Crippen LogP contribution in [0.25, 0.3) is 0 Å². The van der Waals surface area contributed by atoms with E-state index in [1.807, 2.05) is 44.2 Å². The monoisotopic (exact) mass is 667 g/mol. The van der Waals surface area contributed by atoms with Crippen molar-refractivity contribution in [2.75, 3.05) is 18.0 Å². The average Bonchev–Trinajstić information content (AvgIpc) is 3.03. The molecule has 4 rings (SSSR count). The number of rotatable bonds is 13. The van der Waals surface area contributed by atoms with Gasteiger partial charge in [0.15, 0.2) is 0 Å². The van der Waals surface area contributed by atoms with Gasteiger partial charge in [-0.05, 0) is 73.5 Å². The third-order valence-corrected chi connectivity index (χ3v) is 9.54. The van der Waals surface area contributed by atoms with Crippen molar-refractivity contribution in [2.45, 2.75) is 43.8 Å². The van der Waals surface area contributed by atoms with E-state index in [-0.39, 0.29) is 35.5 Å². The Balaban J connectivity index is 1.81. The Morgan fingerprint density at radius 3 is 2.02 bits per heavy atom. The Hall–Kier alpha value is -4.05. The Labute approximate surface area is 274 Å². The molecule has 0 spiro atoms. The van der Waals surface area contributed by atoms with E-state index in [4.69, 9.17) is 27.9 Å². The molecule has 0 bridgehead atoms. The second-order valence-corrected chi connectivity index (χ2v) is 13.3. The lowest BCUT2D eigenvalue weighted by Crippen LogP contribution is -2.54. The smallest absolute Gasteiger partial charge is 0.264 e. The van der Waals surface area contributed by atoms with Crippen molar-refractivity contribution in [3.05, 3.63) is 124 Å². The maximum atomic E-state index is 14.5. The number of sulfonamides is 1. The number of hydrogen-bond acceptors (Lipinski definition) is 5. The van der Waals surface area contributed by atoms with Gasteiger partial charge in [-0.3, -0.25) is 13.9 Å². The Kier molecular flexibility index (Phi) is 11.5. The quantitative estimate of drug-likeness (QED) is 0.179. The second kappa shape index (κ2) is 15.3. The lowest BCUT2D eigenvalue weighted by molar-refractivity contribution is -0.140. The van der Waals surface area contributed by atoms with Crippen LogP contribution >= 0.6 is 23.2 Å². The summed E-state index contributed by atoms with van der Waals surface area (Å²) in [5.74, 6) is -0.433. The molecule has 4 aromatic carbocycles. The van der Waals surface area contributed by atoms with Crippen LogP contribution in [-0.2, 0) is 32.6 Å². The first-order valence-electron chi connectivity index (χ1n) is 14.3. The molecule has 0 aromatic heterocycles. The van der Waals surface area contributed by atoms with Crippen LogP contribution in [0, 0.1) is 0 Å². The van der Waals surface area contributed by atoms with Crippen molar-refractivity contribution >= 4 is 50.7 Å². The SMILES string of the molecule is COc1ccc(N(CC(=O)N(Cc2ccc(Cl)c(Cl)c2)[C@@H](Cc2ccccc2)C(=O)NC(C)C)S(=O)(=O)c2ccccc2)cc1. The van der Waals surface area contributed by atoms with Gasteiger partial charge in [-0.15, -0.1) is 0 Å². The number of hydrogen-bond donors (Lipinski definition) is 1. The normalized spacial score (nSPS) is 12.0. The molecule has 0 aliphatic carbocycles. The van der Waals surface area contributed by atoms with Gasteiger partial charge in [0.05, 0.1) is 27.7 Å². The highest BCUT2D eigenvalue weighted by Gasteiger charge is 2.35. The summed E-state index contributed by atoms with van der Waals surface area (Å²) in [4.78, 5) is 29.6. The molecular formula is C34H35Cl2N3O5S. The van der Waals surface area contributed by atoms with Gasteiger partial charge in [0, 0.05) is 19.0 Å². The van der Waals surface area contributed by atoms with Crippen LogP contribution in [0.5, 0.6) is 5.75 Å². The highest BCUT2D eigenvalue weighted by Crippen LogP contribution is 2.28. The molecule has 0 saturated carbocycles. The maximum Gasteiger partial charge on any atom is 0.264 e. The van der Waals surface area contributed by atoms with Gasteiger partial charge in [0.1, 0.15) is 18.3 Å². The molecule has 0 saturated heterocycles. The minimum Gasteiger partial charge on any atom is -0.497 e. The third-order valence-electron chi connectivity index (χ3n) is 7.01. The summed E-state index contributed by atoms with van der Waals surface area (Å²) in [5, 5.41) is 3.57. The largest absolute Gasteiger partial charge is 0.497 e. The summed E-state index contributed by atoms with van der Waals surface area (Å²) in [7, 11) is -2.70. The van der Waals surface area contributed by atoms with Crippen molar-refractivity contribution in [2.24, 2.45) is 0 Å². The molecule has 0 fully saturated rings. The van der Waals surface area contributed by atoms with Gasteiger partial charge in [-0.2, -0.15) is 0 Å². The summed E-state index contributed by atoms with van der Waals surface area (Å²) in [5.41, 5.74) is 1.71. The Morgan fingerprint density at radius 1 is 0.822 bits per heavy atom. The van der Waals surface area contributed by atoms with Crippen LogP contribution in [0.15, 0.2) is 108 Å². The standard InChI is InChI=1S/C34H35Cl2N3O5S/c1-24(2)37-34(41)32(21-25-10-6-4-7-11-25)38(22-26-14-19-30(35)31(36)20-26)33(40)23-39(27-15-17-28(44-3)18-16-27)45(42,43)29-12-8-5-9-13-29/h4-20,24,32H,21-23H2,1-3H3,(H,37,41)/t32-/m0/s1. The van der Waals surface area contributed by atoms with Crippen molar-refractivity contribution in [3.63, 3.8) is 0 Å². The lowest BCUT2D eigenvalue weighted by atomic mass is 10.0. The van der Waals surface area contributed by atoms with E-state index < -0.39 is 28.5 Å². The molecule has 45 heavy (non-hydrogen) atoms. The van der Waals surface area contributed by atoms with Crippen molar-refractivity contribution < 1.29 is 22.7 Å². The zero-order valence-electron chi connectivity index (χ0n) is 25.2. The van der Waals surface area contributed by atoms with Gasteiger partial charge in [0.25, 0.3) is 10.0 Å².